The fourth-order valence-electron chi connectivity index (χ4n) is 3.66. The van der Waals surface area contributed by atoms with Crippen molar-refractivity contribution in [3.63, 3.8) is 0 Å². The molecule has 152 valence electrons. The summed E-state index contributed by atoms with van der Waals surface area (Å²) in [5, 5.41) is 14.3. The zero-order valence-electron chi connectivity index (χ0n) is 16.3. The zero-order chi connectivity index (χ0) is 20.6. The van der Waals surface area contributed by atoms with Crippen molar-refractivity contribution in [2.45, 2.75) is 36.9 Å². The van der Waals surface area contributed by atoms with Gasteiger partial charge in [-0.1, -0.05) is 41.1 Å². The Bertz CT molecular complexity index is 1110. The van der Waals surface area contributed by atoms with Crippen molar-refractivity contribution < 1.29 is 18.0 Å². The van der Waals surface area contributed by atoms with Crippen molar-refractivity contribution in [3.8, 4) is 11.4 Å². The van der Waals surface area contributed by atoms with Gasteiger partial charge in [0.05, 0.1) is 17.0 Å². The van der Waals surface area contributed by atoms with Crippen LogP contribution in [0.4, 0.5) is 0 Å². The summed E-state index contributed by atoms with van der Waals surface area (Å²) in [6.45, 7) is 3.04. The van der Waals surface area contributed by atoms with E-state index in [2.05, 4.69) is 15.0 Å². The number of β-amino-alcohol motifs (C(OH)–C–C–N with tert-alkyl or cyclic N) is 1. The highest BCUT2D eigenvalue weighted by molar-refractivity contribution is 7.90. The van der Waals surface area contributed by atoms with Crippen LogP contribution in [0.1, 0.15) is 29.5 Å². The SMILES string of the molecule is Cc1cccc(-c2noc([C@@H]3C[C@@H](O)CN3Cc3ccc(S(C)(=O)=O)cc3)n2)c1. The van der Waals surface area contributed by atoms with Gasteiger partial charge in [-0.3, -0.25) is 4.90 Å². The van der Waals surface area contributed by atoms with Crippen LogP contribution in [0.3, 0.4) is 0 Å². The molecule has 0 spiro atoms. The molecule has 2 aromatic carbocycles. The maximum Gasteiger partial charge on any atom is 0.244 e. The largest absolute Gasteiger partial charge is 0.392 e. The van der Waals surface area contributed by atoms with E-state index in [-0.39, 0.29) is 6.04 Å². The van der Waals surface area contributed by atoms with Crippen molar-refractivity contribution in [1.82, 2.24) is 15.0 Å². The predicted molar refractivity (Wildman–Crippen MR) is 108 cm³/mol. The average molecular weight is 413 g/mol. The third kappa shape index (κ3) is 4.39. The molecular weight excluding hydrogens is 390 g/mol. The molecule has 0 bridgehead atoms. The van der Waals surface area contributed by atoms with E-state index in [9.17, 15) is 13.5 Å². The highest BCUT2D eigenvalue weighted by atomic mass is 32.2. The minimum absolute atomic E-state index is 0.189. The van der Waals surface area contributed by atoms with Crippen LogP contribution in [0.25, 0.3) is 11.4 Å². The van der Waals surface area contributed by atoms with Gasteiger partial charge in [0.25, 0.3) is 0 Å². The van der Waals surface area contributed by atoms with Gasteiger partial charge in [-0.25, -0.2) is 8.42 Å². The summed E-state index contributed by atoms with van der Waals surface area (Å²) in [4.78, 5) is 6.93. The van der Waals surface area contributed by atoms with E-state index in [1.165, 1.54) is 6.26 Å². The van der Waals surface area contributed by atoms with Crippen molar-refractivity contribution in [2.24, 2.45) is 0 Å². The molecule has 1 N–H and O–H groups in total. The predicted octanol–water partition coefficient (Wildman–Crippen LogP) is 2.76. The lowest BCUT2D eigenvalue weighted by Crippen LogP contribution is -2.24. The Hall–Kier alpha value is -2.55. The number of rotatable bonds is 5. The molecule has 4 rings (SSSR count). The molecule has 7 nitrogen and oxygen atoms in total. The van der Waals surface area contributed by atoms with E-state index < -0.39 is 15.9 Å². The molecule has 1 aliphatic rings. The van der Waals surface area contributed by atoms with Crippen molar-refractivity contribution >= 4 is 9.84 Å². The van der Waals surface area contributed by atoms with Gasteiger partial charge in [-0.15, -0.1) is 0 Å². The Labute approximate surface area is 169 Å². The first-order chi connectivity index (χ1) is 13.8. The van der Waals surface area contributed by atoms with Crippen LogP contribution in [0.2, 0.25) is 0 Å². The number of aryl methyl sites for hydroxylation is 1. The molecule has 1 saturated heterocycles. The molecule has 1 aromatic heterocycles. The van der Waals surface area contributed by atoms with Gasteiger partial charge in [0.2, 0.25) is 11.7 Å². The lowest BCUT2D eigenvalue weighted by molar-refractivity contribution is 0.169. The third-order valence-corrected chi connectivity index (χ3v) is 6.25. The number of benzene rings is 2. The summed E-state index contributed by atoms with van der Waals surface area (Å²) >= 11 is 0. The Morgan fingerprint density at radius 2 is 1.97 bits per heavy atom. The number of aliphatic hydroxyl groups excluding tert-OH is 1. The molecular formula is C21H23N3O4S. The molecule has 2 atom stereocenters. The first-order valence-corrected chi connectivity index (χ1v) is 11.3. The normalized spacial score (nSPS) is 20.2. The van der Waals surface area contributed by atoms with Crippen LogP contribution in [0, 0.1) is 6.92 Å². The number of nitrogens with zero attached hydrogens (tertiary/aromatic N) is 3. The van der Waals surface area contributed by atoms with E-state index >= 15 is 0 Å². The quantitative estimate of drug-likeness (QED) is 0.687. The molecule has 8 heteroatoms. The maximum atomic E-state index is 11.6. The fourth-order valence-corrected chi connectivity index (χ4v) is 4.29. The van der Waals surface area contributed by atoms with Crippen molar-refractivity contribution in [1.29, 1.82) is 0 Å². The lowest BCUT2D eigenvalue weighted by Gasteiger charge is -2.21. The minimum Gasteiger partial charge on any atom is -0.392 e. The summed E-state index contributed by atoms with van der Waals surface area (Å²) in [7, 11) is -3.22. The summed E-state index contributed by atoms with van der Waals surface area (Å²) < 4.78 is 28.8. The molecule has 1 fully saturated rings. The van der Waals surface area contributed by atoms with Gasteiger partial charge < -0.3 is 9.63 Å². The molecule has 1 aliphatic heterocycles. The van der Waals surface area contributed by atoms with Gasteiger partial charge in [0, 0.05) is 24.9 Å². The number of sulfone groups is 1. The van der Waals surface area contributed by atoms with E-state index in [4.69, 9.17) is 4.52 Å². The lowest BCUT2D eigenvalue weighted by atomic mass is 10.1. The van der Waals surface area contributed by atoms with Crippen LogP contribution in [-0.2, 0) is 16.4 Å². The average Bonchev–Trinajstić information content (AvgIpc) is 3.28. The molecule has 0 aliphatic carbocycles. The number of hydrogen-bond donors (Lipinski definition) is 1. The van der Waals surface area contributed by atoms with E-state index in [1.54, 1.807) is 24.3 Å². The summed E-state index contributed by atoms with van der Waals surface area (Å²) in [6.07, 6.45) is 1.22. The Kier molecular flexibility index (Phi) is 5.24. The van der Waals surface area contributed by atoms with Crippen LogP contribution >= 0.6 is 0 Å². The number of hydrogen-bond acceptors (Lipinski definition) is 7. The molecule has 0 radical (unpaired) electrons. The van der Waals surface area contributed by atoms with Crippen LogP contribution in [-0.4, -0.2) is 47.5 Å². The molecule has 2 heterocycles. The summed E-state index contributed by atoms with van der Waals surface area (Å²) in [6, 6.07) is 14.5. The standard InChI is InChI=1S/C21H23N3O4S/c1-14-4-3-5-16(10-14)20-22-21(28-23-20)19-11-17(25)13-24(19)12-15-6-8-18(9-7-15)29(2,26)27/h3-10,17,19,25H,11-13H2,1-2H3/t17-,19+/m1/s1. The first-order valence-electron chi connectivity index (χ1n) is 9.41. The van der Waals surface area contributed by atoms with Gasteiger partial charge in [-0.2, -0.15) is 4.98 Å². The number of likely N-dealkylation sites (tertiary alicyclic amines) is 1. The molecule has 0 saturated carbocycles. The second-order valence-corrected chi connectivity index (χ2v) is 9.59. The molecule has 0 amide bonds. The Morgan fingerprint density at radius 3 is 2.66 bits per heavy atom. The molecule has 3 aromatic rings. The van der Waals surface area contributed by atoms with Crippen LogP contribution < -0.4 is 0 Å². The van der Waals surface area contributed by atoms with E-state index in [0.717, 1.165) is 16.7 Å². The second kappa shape index (κ2) is 7.70. The summed E-state index contributed by atoms with van der Waals surface area (Å²) in [5.74, 6) is 1.01. The van der Waals surface area contributed by atoms with E-state index in [0.29, 0.717) is 36.1 Å². The van der Waals surface area contributed by atoms with Crippen molar-refractivity contribution in [2.75, 3.05) is 12.8 Å². The Morgan fingerprint density at radius 1 is 1.21 bits per heavy atom. The highest BCUT2D eigenvalue weighted by Gasteiger charge is 2.36. The zero-order valence-corrected chi connectivity index (χ0v) is 17.1. The monoisotopic (exact) mass is 413 g/mol. The van der Waals surface area contributed by atoms with Gasteiger partial charge in [0.15, 0.2) is 9.84 Å². The van der Waals surface area contributed by atoms with E-state index in [1.807, 2.05) is 31.2 Å². The first kappa shape index (κ1) is 19.8. The Balaban J connectivity index is 1.54. The van der Waals surface area contributed by atoms with Gasteiger partial charge >= 0.3 is 0 Å². The summed E-state index contributed by atoms with van der Waals surface area (Å²) in [5.41, 5.74) is 2.96. The topological polar surface area (TPSA) is 96.5 Å². The van der Waals surface area contributed by atoms with Crippen LogP contribution in [0.15, 0.2) is 57.9 Å². The van der Waals surface area contributed by atoms with Crippen LogP contribution in [0.5, 0.6) is 0 Å². The second-order valence-electron chi connectivity index (χ2n) is 7.58. The van der Waals surface area contributed by atoms with Gasteiger partial charge in [-0.05, 0) is 37.1 Å². The smallest absolute Gasteiger partial charge is 0.244 e. The number of aliphatic hydroxyl groups is 1. The maximum absolute atomic E-state index is 11.6. The minimum atomic E-state index is -3.22. The fraction of sp³-hybridized carbons (Fsp3) is 0.333. The molecule has 29 heavy (non-hydrogen) atoms. The molecule has 0 unspecified atom stereocenters. The third-order valence-electron chi connectivity index (χ3n) is 5.12. The number of aromatic nitrogens is 2. The highest BCUT2D eigenvalue weighted by Crippen LogP contribution is 2.33. The van der Waals surface area contributed by atoms with Crippen molar-refractivity contribution in [3.05, 3.63) is 65.5 Å². The van der Waals surface area contributed by atoms with Gasteiger partial charge in [0.1, 0.15) is 0 Å².